The Kier molecular flexibility index (Phi) is 7.06. The number of methoxy groups -OCH3 is 1. The molecule has 0 saturated heterocycles. The zero-order chi connectivity index (χ0) is 13.2. The third-order valence-electron chi connectivity index (χ3n) is 2.79. The zero-order valence-electron chi connectivity index (χ0n) is 10.8. The molecule has 1 aromatic rings. The molecule has 100 valence electrons. The summed E-state index contributed by atoms with van der Waals surface area (Å²) in [6.45, 7) is 0.471. The number of nitrogens with one attached hydrogen (secondary N) is 1. The van der Waals surface area contributed by atoms with Gasteiger partial charge in [0.25, 0.3) is 0 Å². The second kappa shape index (κ2) is 8.66. The van der Waals surface area contributed by atoms with Gasteiger partial charge in [0, 0.05) is 0 Å². The van der Waals surface area contributed by atoms with Gasteiger partial charge in [0.05, 0.1) is 13.7 Å². The van der Waals surface area contributed by atoms with Gasteiger partial charge in [0.2, 0.25) is 0 Å². The maximum atomic E-state index is 11.2. The van der Waals surface area contributed by atoms with Crippen molar-refractivity contribution in [1.82, 2.24) is 5.32 Å². The summed E-state index contributed by atoms with van der Waals surface area (Å²) in [5.41, 5.74) is 1.32. The summed E-state index contributed by atoms with van der Waals surface area (Å²) in [6, 6.07) is 9.69. The summed E-state index contributed by atoms with van der Waals surface area (Å²) >= 11 is 0. The molecule has 1 unspecified atom stereocenters. The molecule has 0 radical (unpaired) electrons. The van der Waals surface area contributed by atoms with E-state index in [-0.39, 0.29) is 6.61 Å². The first-order valence-corrected chi connectivity index (χ1v) is 6.24. The minimum absolute atomic E-state index is 0.231. The fourth-order valence-electron chi connectivity index (χ4n) is 1.74. The number of aliphatic hydroxyl groups excluding tert-OH is 1. The van der Waals surface area contributed by atoms with E-state index in [1.807, 2.05) is 18.2 Å². The molecule has 1 aromatic carbocycles. The Hall–Kier alpha value is -1.39. The predicted octanol–water partition coefficient (Wildman–Crippen LogP) is 1.13. The van der Waals surface area contributed by atoms with Crippen LogP contribution in [0.3, 0.4) is 0 Å². The monoisotopic (exact) mass is 251 g/mol. The van der Waals surface area contributed by atoms with Crippen molar-refractivity contribution in [3.63, 3.8) is 0 Å². The smallest absolute Gasteiger partial charge is 0.325 e. The molecule has 4 heteroatoms. The summed E-state index contributed by atoms with van der Waals surface area (Å²) in [4.78, 5) is 11.2. The van der Waals surface area contributed by atoms with Crippen molar-refractivity contribution in [3.05, 3.63) is 35.9 Å². The van der Waals surface area contributed by atoms with E-state index in [1.54, 1.807) is 0 Å². The molecule has 0 aliphatic heterocycles. The first-order valence-electron chi connectivity index (χ1n) is 6.24. The lowest BCUT2D eigenvalue weighted by molar-refractivity contribution is -0.144. The van der Waals surface area contributed by atoms with Gasteiger partial charge in [0.15, 0.2) is 0 Å². The second-order valence-corrected chi connectivity index (χ2v) is 4.16. The van der Waals surface area contributed by atoms with Crippen molar-refractivity contribution < 1.29 is 14.6 Å². The molecule has 0 amide bonds. The van der Waals surface area contributed by atoms with E-state index in [4.69, 9.17) is 5.11 Å². The number of hydrogen-bond acceptors (Lipinski definition) is 4. The number of ether oxygens (including phenoxy) is 1. The Morgan fingerprint density at radius 2 is 2.06 bits per heavy atom. The van der Waals surface area contributed by atoms with E-state index in [1.165, 1.54) is 12.7 Å². The third-order valence-corrected chi connectivity index (χ3v) is 2.79. The molecule has 0 aromatic heterocycles. The number of rotatable bonds is 8. The number of hydrogen-bond donors (Lipinski definition) is 2. The van der Waals surface area contributed by atoms with Gasteiger partial charge >= 0.3 is 5.97 Å². The number of aliphatic hydroxyl groups is 1. The highest BCUT2D eigenvalue weighted by Crippen LogP contribution is 2.03. The highest BCUT2D eigenvalue weighted by molar-refractivity contribution is 5.75. The molecule has 0 spiro atoms. The Labute approximate surface area is 108 Å². The predicted molar refractivity (Wildman–Crippen MR) is 70.3 cm³/mol. The van der Waals surface area contributed by atoms with Gasteiger partial charge in [-0.1, -0.05) is 30.3 Å². The molecule has 0 saturated carbocycles. The number of aryl methyl sites for hydroxylation is 1. The van der Waals surface area contributed by atoms with E-state index in [0.29, 0.717) is 6.54 Å². The molecule has 1 rings (SSSR count). The standard InChI is InChI=1S/C14H21NO3/c1-18-14(17)13(11-16)15-10-6-5-9-12-7-3-2-4-8-12/h2-4,7-8,13,15-16H,5-6,9-11H2,1H3. The van der Waals surface area contributed by atoms with Crippen molar-refractivity contribution in [2.75, 3.05) is 20.3 Å². The summed E-state index contributed by atoms with van der Waals surface area (Å²) < 4.78 is 4.57. The van der Waals surface area contributed by atoms with Crippen LogP contribution in [0.5, 0.6) is 0 Å². The molecular formula is C14H21NO3. The average molecular weight is 251 g/mol. The summed E-state index contributed by atoms with van der Waals surface area (Å²) in [6.07, 6.45) is 3.04. The lowest BCUT2D eigenvalue weighted by Gasteiger charge is -2.13. The van der Waals surface area contributed by atoms with E-state index in [2.05, 4.69) is 22.2 Å². The van der Waals surface area contributed by atoms with Crippen molar-refractivity contribution in [3.8, 4) is 0 Å². The number of carbonyl (C=O) groups excluding carboxylic acids is 1. The lowest BCUT2D eigenvalue weighted by atomic mass is 10.1. The first kappa shape index (κ1) is 14.7. The largest absolute Gasteiger partial charge is 0.468 e. The molecule has 18 heavy (non-hydrogen) atoms. The highest BCUT2D eigenvalue weighted by atomic mass is 16.5. The fraction of sp³-hybridized carbons (Fsp3) is 0.500. The van der Waals surface area contributed by atoms with Crippen molar-refractivity contribution >= 4 is 5.97 Å². The van der Waals surface area contributed by atoms with Gasteiger partial charge < -0.3 is 15.2 Å². The van der Waals surface area contributed by atoms with E-state index < -0.39 is 12.0 Å². The van der Waals surface area contributed by atoms with Crippen LogP contribution >= 0.6 is 0 Å². The Balaban J connectivity index is 2.13. The van der Waals surface area contributed by atoms with E-state index in [9.17, 15) is 4.79 Å². The van der Waals surface area contributed by atoms with Gasteiger partial charge in [0.1, 0.15) is 6.04 Å². The van der Waals surface area contributed by atoms with E-state index >= 15 is 0 Å². The van der Waals surface area contributed by atoms with Crippen LogP contribution in [0, 0.1) is 0 Å². The molecule has 0 bridgehead atoms. The SMILES string of the molecule is COC(=O)C(CO)NCCCCc1ccccc1. The maximum Gasteiger partial charge on any atom is 0.325 e. The van der Waals surface area contributed by atoms with Gasteiger partial charge in [-0.05, 0) is 31.4 Å². The quantitative estimate of drug-likeness (QED) is 0.537. The molecule has 0 aliphatic rings. The van der Waals surface area contributed by atoms with Crippen LogP contribution in [0.1, 0.15) is 18.4 Å². The number of carbonyl (C=O) groups is 1. The Bertz CT molecular complexity index is 340. The van der Waals surface area contributed by atoms with Crippen LogP contribution in [-0.4, -0.2) is 37.4 Å². The van der Waals surface area contributed by atoms with Crippen molar-refractivity contribution in [2.45, 2.75) is 25.3 Å². The summed E-state index contributed by atoms with van der Waals surface area (Å²) in [5, 5.41) is 12.0. The van der Waals surface area contributed by atoms with Crippen molar-refractivity contribution in [2.24, 2.45) is 0 Å². The first-order chi connectivity index (χ1) is 8.77. The summed E-state index contributed by atoms with van der Waals surface area (Å²) in [7, 11) is 1.32. The fourth-order valence-corrected chi connectivity index (χ4v) is 1.74. The van der Waals surface area contributed by atoms with Crippen LogP contribution in [0.4, 0.5) is 0 Å². The molecule has 1 atom stereocenters. The van der Waals surface area contributed by atoms with Crippen LogP contribution in [-0.2, 0) is 16.0 Å². The van der Waals surface area contributed by atoms with Gasteiger partial charge in [-0.3, -0.25) is 4.79 Å². The normalized spacial score (nSPS) is 12.1. The Morgan fingerprint density at radius 3 is 2.67 bits per heavy atom. The summed E-state index contributed by atoms with van der Waals surface area (Å²) in [5.74, 6) is -0.416. The van der Waals surface area contributed by atoms with Gasteiger partial charge in [-0.2, -0.15) is 0 Å². The third kappa shape index (κ3) is 5.29. The average Bonchev–Trinajstić information content (AvgIpc) is 2.43. The van der Waals surface area contributed by atoms with Crippen LogP contribution in [0.15, 0.2) is 30.3 Å². The molecule has 0 heterocycles. The van der Waals surface area contributed by atoms with Crippen LogP contribution in [0.2, 0.25) is 0 Å². The minimum Gasteiger partial charge on any atom is -0.468 e. The number of unbranched alkanes of at least 4 members (excludes halogenated alkanes) is 1. The molecule has 4 nitrogen and oxygen atoms in total. The lowest BCUT2D eigenvalue weighted by Crippen LogP contribution is -2.41. The number of benzene rings is 1. The van der Waals surface area contributed by atoms with Crippen molar-refractivity contribution in [1.29, 1.82) is 0 Å². The van der Waals surface area contributed by atoms with E-state index in [0.717, 1.165) is 19.3 Å². The second-order valence-electron chi connectivity index (χ2n) is 4.16. The van der Waals surface area contributed by atoms with Gasteiger partial charge in [-0.25, -0.2) is 0 Å². The molecule has 0 fully saturated rings. The minimum atomic E-state index is -0.605. The highest BCUT2D eigenvalue weighted by Gasteiger charge is 2.16. The van der Waals surface area contributed by atoms with Crippen LogP contribution in [0.25, 0.3) is 0 Å². The molecule has 2 N–H and O–H groups in total. The number of esters is 1. The topological polar surface area (TPSA) is 58.6 Å². The van der Waals surface area contributed by atoms with Crippen LogP contribution < -0.4 is 5.32 Å². The van der Waals surface area contributed by atoms with Gasteiger partial charge in [-0.15, -0.1) is 0 Å². The molecule has 0 aliphatic carbocycles. The maximum absolute atomic E-state index is 11.2. The zero-order valence-corrected chi connectivity index (χ0v) is 10.8. The molecular weight excluding hydrogens is 230 g/mol. The Morgan fingerprint density at radius 1 is 1.33 bits per heavy atom.